The molecule has 0 bridgehead atoms. The van der Waals surface area contributed by atoms with E-state index in [0.29, 0.717) is 90.2 Å². The zero-order valence-corrected chi connectivity index (χ0v) is 51.4. The van der Waals surface area contributed by atoms with E-state index in [1.54, 1.807) is 67.9 Å². The number of nitrogens with zero attached hydrogens (tertiary/aromatic N) is 6. The van der Waals surface area contributed by atoms with Gasteiger partial charge in [-0.1, -0.05) is 60.3 Å². The Balaban J connectivity index is 0.000000246. The molecule has 2 aromatic carbocycles. The summed E-state index contributed by atoms with van der Waals surface area (Å²) in [5.41, 5.74) is 2.62. The number of alkyl carbamates (subject to hydrolysis) is 2. The zero-order valence-electron chi connectivity index (χ0n) is 51.4. The van der Waals surface area contributed by atoms with Gasteiger partial charge in [-0.3, -0.25) is 19.4 Å². The predicted octanol–water partition coefficient (Wildman–Crippen LogP) is 7.38. The lowest BCUT2D eigenvalue weighted by Gasteiger charge is -2.27. The van der Waals surface area contributed by atoms with E-state index >= 15 is 0 Å². The summed E-state index contributed by atoms with van der Waals surface area (Å²) in [5.74, 6) is 6.14. The van der Waals surface area contributed by atoms with Crippen molar-refractivity contribution < 1.29 is 76.9 Å². The lowest BCUT2D eigenvalue weighted by atomic mass is 9.87. The standard InChI is InChI=1S/C31H44N4O8.C31H40N4O8/c2*1-31(2,3)26(28(36)37)34-30(39)43-25-14-18(25)10-8-7-9-11-22-27(33-23-15-19(40-5)12-13-21(23)32-22)42-20-16-24(29(38)41-6)35(4)17-20/h12-13,15,18,20,24-26H,7-11,14,16-17H2,1-6H3,(H,34,39)(H,36,37);12-13,15,18,20,24-26H,7-8,10,14,16-17H2,1-6H3,(H,34,39)(H,36,37)/t2*18-,20-,24+,25-,26-/m11/s1. The van der Waals surface area contributed by atoms with Crippen LogP contribution in [0.5, 0.6) is 23.3 Å². The van der Waals surface area contributed by atoms with Gasteiger partial charge in [0, 0.05) is 44.5 Å². The third kappa shape index (κ3) is 18.1. The van der Waals surface area contributed by atoms with Gasteiger partial charge in [0.05, 0.1) is 50.5 Å². The third-order valence-corrected chi connectivity index (χ3v) is 15.8. The van der Waals surface area contributed by atoms with E-state index in [2.05, 4.69) is 22.5 Å². The smallest absolute Gasteiger partial charge is 0.408 e. The minimum Gasteiger partial charge on any atom is -0.497 e. The van der Waals surface area contributed by atoms with Crippen molar-refractivity contribution in [2.45, 2.75) is 167 Å². The molecule has 2 amide bonds. The van der Waals surface area contributed by atoms with E-state index in [1.807, 2.05) is 48.2 Å². The number of esters is 2. The first kappa shape index (κ1) is 65.8. The SMILES string of the molecule is COC(=O)[C@@H]1C[C@@H](Oc2nc3cc(OC)ccc3nc2C#CCCC[C@@H]2C[C@H]2OC(=O)N[C@H](C(=O)O)C(C)(C)C)CN1C.COC(=O)[C@@H]1C[C@@H](Oc2nc3cc(OC)ccc3nc2CCCCC[C@@H]2C[C@H]2OC(=O)N[C@H](C(=O)O)C(C)(C)C)CN1C. The average Bonchev–Trinajstić information content (AvgIpc) is 2.39. The molecule has 2 aliphatic carbocycles. The van der Waals surface area contributed by atoms with Crippen molar-refractivity contribution in [1.82, 2.24) is 40.4 Å². The van der Waals surface area contributed by atoms with Crippen LogP contribution in [0.3, 0.4) is 0 Å². The maximum Gasteiger partial charge on any atom is 0.408 e. The van der Waals surface area contributed by atoms with Gasteiger partial charge in [0.25, 0.3) is 0 Å². The number of fused-ring (bicyclic) bond motifs is 2. The summed E-state index contributed by atoms with van der Waals surface area (Å²) in [4.78, 5) is 94.6. The molecule has 86 heavy (non-hydrogen) atoms. The lowest BCUT2D eigenvalue weighted by molar-refractivity contribution is -0.146. The van der Waals surface area contributed by atoms with Crippen molar-refractivity contribution in [3.8, 4) is 35.1 Å². The molecule has 2 saturated heterocycles. The van der Waals surface area contributed by atoms with Crippen LogP contribution in [-0.4, -0.2) is 180 Å². The molecular formula is C62H84N8O16. The summed E-state index contributed by atoms with van der Waals surface area (Å²) in [5, 5.41) is 23.8. The van der Waals surface area contributed by atoms with Crippen LogP contribution in [0.4, 0.5) is 9.59 Å². The van der Waals surface area contributed by atoms with Crippen LogP contribution in [0.15, 0.2) is 36.4 Å². The second-order valence-electron chi connectivity index (χ2n) is 24.7. The van der Waals surface area contributed by atoms with Gasteiger partial charge >= 0.3 is 36.1 Å². The quantitative estimate of drug-likeness (QED) is 0.0244. The van der Waals surface area contributed by atoms with Crippen LogP contribution in [0, 0.1) is 34.5 Å². The van der Waals surface area contributed by atoms with Crippen molar-refractivity contribution in [2.75, 3.05) is 55.6 Å². The number of methoxy groups -OCH3 is 4. The Morgan fingerprint density at radius 2 is 1.07 bits per heavy atom. The number of rotatable bonds is 23. The Morgan fingerprint density at radius 3 is 1.53 bits per heavy atom. The van der Waals surface area contributed by atoms with Gasteiger partial charge in [-0.15, -0.1) is 0 Å². The molecule has 0 spiro atoms. The van der Waals surface area contributed by atoms with Crippen molar-refractivity contribution >= 4 is 58.1 Å². The van der Waals surface area contributed by atoms with Gasteiger partial charge in [-0.05, 0) is 112 Å². The Bertz CT molecular complexity index is 3140. The highest BCUT2D eigenvalue weighted by atomic mass is 16.6. The summed E-state index contributed by atoms with van der Waals surface area (Å²) in [6, 6.07) is 8.17. The van der Waals surface area contributed by atoms with Gasteiger partial charge < -0.3 is 58.7 Å². The minimum absolute atomic E-state index is 0.170. The molecule has 8 rings (SSSR count). The summed E-state index contributed by atoms with van der Waals surface area (Å²) >= 11 is 0. The maximum absolute atomic E-state index is 12.2. The monoisotopic (exact) mass is 1200 g/mol. The Labute approximate surface area is 502 Å². The van der Waals surface area contributed by atoms with Crippen LogP contribution in [0.25, 0.3) is 22.1 Å². The van der Waals surface area contributed by atoms with E-state index in [1.165, 1.54) is 14.2 Å². The summed E-state index contributed by atoms with van der Waals surface area (Å²) < 4.78 is 44.0. The largest absolute Gasteiger partial charge is 0.497 e. The predicted molar refractivity (Wildman–Crippen MR) is 315 cm³/mol. The molecular weight excluding hydrogens is 1110 g/mol. The number of aromatic nitrogens is 4. The molecule has 4 aliphatic rings. The van der Waals surface area contributed by atoms with Gasteiger partial charge in [0.15, 0.2) is 5.69 Å². The lowest BCUT2D eigenvalue weighted by Crippen LogP contribution is -2.49. The number of benzene rings is 2. The van der Waals surface area contributed by atoms with Crippen LogP contribution < -0.4 is 29.6 Å². The van der Waals surface area contributed by atoms with Gasteiger partial charge in [-0.2, -0.15) is 0 Å². The number of aryl methyl sites for hydroxylation is 1. The highest BCUT2D eigenvalue weighted by molar-refractivity contribution is 5.82. The van der Waals surface area contributed by atoms with E-state index < -0.39 is 53.1 Å². The summed E-state index contributed by atoms with van der Waals surface area (Å²) in [6.45, 7) is 11.6. The number of unbranched alkanes of at least 4 members (excludes halogenated alkanes) is 3. The molecule has 10 atom stereocenters. The molecule has 24 nitrogen and oxygen atoms in total. The number of hydrogen-bond acceptors (Lipinski definition) is 20. The van der Waals surface area contributed by atoms with Crippen LogP contribution in [-0.2, 0) is 44.5 Å². The number of likely N-dealkylation sites (tertiary alicyclic amines) is 2. The second kappa shape index (κ2) is 29.1. The molecule has 4 aromatic rings. The number of carbonyl (C=O) groups is 6. The molecule has 4 N–H and O–H groups in total. The highest BCUT2D eigenvalue weighted by Crippen LogP contribution is 2.40. The first-order chi connectivity index (χ1) is 40.8. The number of aliphatic carboxylic acids is 2. The number of carbonyl (C=O) groups excluding carboxylic acids is 4. The van der Waals surface area contributed by atoms with Gasteiger partial charge in [0.2, 0.25) is 11.8 Å². The topological polar surface area (TPSA) is 299 Å². The van der Waals surface area contributed by atoms with Crippen LogP contribution in [0.2, 0.25) is 0 Å². The zero-order chi connectivity index (χ0) is 62.6. The van der Waals surface area contributed by atoms with Crippen molar-refractivity contribution in [2.24, 2.45) is 22.7 Å². The maximum atomic E-state index is 12.2. The fourth-order valence-corrected chi connectivity index (χ4v) is 10.6. The molecule has 4 fully saturated rings. The first-order valence-corrected chi connectivity index (χ1v) is 29.3. The normalized spacial score (nSPS) is 22.4. The Morgan fingerprint density at radius 1 is 0.605 bits per heavy atom. The minimum atomic E-state index is -1.10. The Hall–Kier alpha value is -7.78. The van der Waals surface area contributed by atoms with Crippen LogP contribution in [0.1, 0.15) is 124 Å². The van der Waals surface area contributed by atoms with Crippen molar-refractivity contribution in [1.29, 1.82) is 0 Å². The Kier molecular flexibility index (Phi) is 22.2. The van der Waals surface area contributed by atoms with E-state index in [9.17, 15) is 39.0 Å². The van der Waals surface area contributed by atoms with E-state index in [-0.39, 0.29) is 48.3 Å². The number of carboxylic acids is 2. The number of nitrogens with one attached hydrogen (secondary N) is 2. The number of likely N-dealkylation sites (N-methyl/N-ethyl adjacent to an activating group) is 2. The number of hydrogen-bond donors (Lipinski definition) is 4. The first-order valence-electron chi connectivity index (χ1n) is 29.3. The fraction of sp³-hybridized carbons (Fsp3) is 0.613. The highest BCUT2D eigenvalue weighted by Gasteiger charge is 2.44. The summed E-state index contributed by atoms with van der Waals surface area (Å²) in [7, 11) is 9.68. The third-order valence-electron chi connectivity index (χ3n) is 15.8. The molecule has 24 heteroatoms. The molecule has 2 aromatic heterocycles. The number of carboxylic acid groups (broad SMARTS) is 2. The van der Waals surface area contributed by atoms with E-state index in [4.69, 9.17) is 57.8 Å². The van der Waals surface area contributed by atoms with Gasteiger partial charge in [-0.25, -0.2) is 39.1 Å². The fourth-order valence-electron chi connectivity index (χ4n) is 10.6. The number of ether oxygens (including phenoxy) is 8. The summed E-state index contributed by atoms with van der Waals surface area (Å²) in [6.07, 6.45) is 6.86. The molecule has 468 valence electrons. The second-order valence-corrected chi connectivity index (χ2v) is 24.7. The molecule has 0 unspecified atom stereocenters. The average molecular weight is 1200 g/mol. The molecule has 2 saturated carbocycles. The molecule has 2 aliphatic heterocycles. The number of amides is 2. The van der Waals surface area contributed by atoms with Crippen molar-refractivity contribution in [3.63, 3.8) is 0 Å². The molecule has 4 heterocycles. The molecule has 0 radical (unpaired) electrons. The van der Waals surface area contributed by atoms with Crippen molar-refractivity contribution in [3.05, 3.63) is 47.8 Å². The van der Waals surface area contributed by atoms with E-state index in [0.717, 1.165) is 62.6 Å². The van der Waals surface area contributed by atoms with Gasteiger partial charge in [0.1, 0.15) is 65.8 Å². The van der Waals surface area contributed by atoms with Crippen LogP contribution >= 0.6 is 0 Å².